The molecule has 4 saturated carbocycles. The van der Waals surface area contributed by atoms with Gasteiger partial charge in [0.1, 0.15) is 5.78 Å². The fourth-order valence-corrected chi connectivity index (χ4v) is 5.94. The van der Waals surface area contributed by atoms with Gasteiger partial charge in [-0.2, -0.15) is 0 Å². The molecule has 0 aliphatic heterocycles. The number of hydrogen-bond donors (Lipinski definition) is 1. The molecule has 1 aromatic carbocycles. The van der Waals surface area contributed by atoms with E-state index in [0.717, 1.165) is 37.7 Å². The molecule has 4 aliphatic rings. The van der Waals surface area contributed by atoms with Crippen molar-refractivity contribution >= 4 is 23.4 Å². The third-order valence-electron chi connectivity index (χ3n) is 6.38. The number of carbonyl (C=O) groups is 2. The first kappa shape index (κ1) is 15.2. The second-order valence-electron chi connectivity index (χ2n) is 8.05. The van der Waals surface area contributed by atoms with Crippen LogP contribution in [0.25, 0.3) is 0 Å². The van der Waals surface area contributed by atoms with Crippen LogP contribution in [0.5, 0.6) is 0 Å². The zero-order valence-corrected chi connectivity index (χ0v) is 13.8. The number of Topliss-reactive ketones (excluding diaryl/α,β-unsaturated/α-hetero) is 1. The highest BCUT2D eigenvalue weighted by Crippen LogP contribution is 2.65. The molecule has 0 amide bonds. The molecule has 4 bridgehead atoms. The number of benzene rings is 1. The zero-order valence-electron chi connectivity index (χ0n) is 13.1. The number of halogens is 1. The van der Waals surface area contributed by atoms with Crippen LogP contribution in [0.3, 0.4) is 0 Å². The van der Waals surface area contributed by atoms with E-state index < -0.39 is 16.8 Å². The van der Waals surface area contributed by atoms with Crippen LogP contribution in [0.2, 0.25) is 5.02 Å². The Morgan fingerprint density at radius 3 is 2.17 bits per heavy atom. The van der Waals surface area contributed by atoms with Gasteiger partial charge in [-0.25, -0.2) is 0 Å². The lowest BCUT2D eigenvalue weighted by Gasteiger charge is -2.59. The van der Waals surface area contributed by atoms with Gasteiger partial charge in [-0.1, -0.05) is 23.7 Å². The first-order valence-electron chi connectivity index (χ1n) is 8.42. The Morgan fingerprint density at radius 1 is 1.04 bits per heavy atom. The summed E-state index contributed by atoms with van der Waals surface area (Å²) in [6, 6.07) is 7.41. The lowest BCUT2D eigenvalue weighted by Crippen LogP contribution is -2.57. The number of hydrogen-bond acceptors (Lipinski definition) is 2. The van der Waals surface area contributed by atoms with E-state index in [0.29, 0.717) is 29.7 Å². The number of ketones is 1. The van der Waals surface area contributed by atoms with Crippen LogP contribution in [-0.4, -0.2) is 16.9 Å². The Kier molecular flexibility index (Phi) is 3.35. The molecule has 4 heteroatoms. The number of carboxylic acids is 1. The maximum absolute atomic E-state index is 13.1. The van der Waals surface area contributed by atoms with Crippen molar-refractivity contribution < 1.29 is 14.7 Å². The minimum absolute atomic E-state index is 0.236. The van der Waals surface area contributed by atoms with Crippen LogP contribution in [0.4, 0.5) is 0 Å². The van der Waals surface area contributed by atoms with E-state index in [1.165, 1.54) is 0 Å². The Hall–Kier alpha value is -1.35. The minimum Gasteiger partial charge on any atom is -0.481 e. The van der Waals surface area contributed by atoms with Crippen LogP contribution in [-0.2, 0) is 16.0 Å². The quantitative estimate of drug-likeness (QED) is 0.902. The fraction of sp³-hybridized carbons (Fsp3) is 0.579. The highest BCUT2D eigenvalue weighted by molar-refractivity contribution is 6.30. The van der Waals surface area contributed by atoms with Gasteiger partial charge in [0.15, 0.2) is 0 Å². The molecule has 4 fully saturated rings. The summed E-state index contributed by atoms with van der Waals surface area (Å²) in [7, 11) is 0. The molecule has 0 saturated heterocycles. The summed E-state index contributed by atoms with van der Waals surface area (Å²) >= 11 is 5.91. The summed E-state index contributed by atoms with van der Waals surface area (Å²) in [5.41, 5.74) is -0.0681. The van der Waals surface area contributed by atoms with Gasteiger partial charge < -0.3 is 5.11 Å². The standard InChI is InChI=1S/C19H21ClO3/c20-15-3-1-12(2-4-15)6-16(21)18-7-13-5-14(8-18)10-19(9-13,11-18)17(22)23/h1-4,13-14H,5-11H2,(H,22,23). The molecule has 4 aliphatic carbocycles. The Morgan fingerprint density at radius 2 is 1.61 bits per heavy atom. The second kappa shape index (κ2) is 5.07. The van der Waals surface area contributed by atoms with Crippen LogP contribution in [0.1, 0.15) is 44.1 Å². The van der Waals surface area contributed by atoms with Gasteiger partial charge in [0.2, 0.25) is 0 Å². The highest BCUT2D eigenvalue weighted by Gasteiger charge is 2.62. The van der Waals surface area contributed by atoms with Crippen molar-refractivity contribution in [3.8, 4) is 0 Å². The van der Waals surface area contributed by atoms with E-state index >= 15 is 0 Å². The monoisotopic (exact) mass is 332 g/mol. The highest BCUT2D eigenvalue weighted by atomic mass is 35.5. The second-order valence-corrected chi connectivity index (χ2v) is 8.49. The van der Waals surface area contributed by atoms with E-state index in [2.05, 4.69) is 0 Å². The van der Waals surface area contributed by atoms with Gasteiger partial charge in [0.25, 0.3) is 0 Å². The summed E-state index contributed by atoms with van der Waals surface area (Å²) in [5.74, 6) is 0.387. The lowest BCUT2D eigenvalue weighted by molar-refractivity contribution is -0.178. The SMILES string of the molecule is O=C(O)C12CC3CC(C1)CC(C(=O)Cc1ccc(Cl)cc1)(C3)C2. The third-order valence-corrected chi connectivity index (χ3v) is 6.64. The minimum atomic E-state index is -0.685. The molecule has 0 aromatic heterocycles. The first-order chi connectivity index (χ1) is 10.9. The molecule has 1 N–H and O–H groups in total. The van der Waals surface area contributed by atoms with Gasteiger partial charge >= 0.3 is 5.97 Å². The van der Waals surface area contributed by atoms with Crippen molar-refractivity contribution in [3.05, 3.63) is 34.9 Å². The number of carbonyl (C=O) groups excluding carboxylic acids is 1. The Balaban J connectivity index is 1.61. The Bertz CT molecular complexity index is 650. The van der Waals surface area contributed by atoms with Crippen LogP contribution >= 0.6 is 11.6 Å². The molecular formula is C19H21ClO3. The molecule has 1 aromatic rings. The molecule has 2 unspecified atom stereocenters. The van der Waals surface area contributed by atoms with Crippen LogP contribution in [0.15, 0.2) is 24.3 Å². The molecular weight excluding hydrogens is 312 g/mol. The number of rotatable bonds is 4. The van der Waals surface area contributed by atoms with Crippen LogP contribution in [0, 0.1) is 22.7 Å². The normalized spacial score (nSPS) is 37.8. The molecule has 0 radical (unpaired) electrons. The average molecular weight is 333 g/mol. The van der Waals surface area contributed by atoms with Gasteiger partial charge in [-0.15, -0.1) is 0 Å². The van der Waals surface area contributed by atoms with Crippen molar-refractivity contribution in [2.24, 2.45) is 22.7 Å². The van der Waals surface area contributed by atoms with Crippen LogP contribution < -0.4 is 0 Å². The number of aliphatic carboxylic acids is 1. The van der Waals surface area contributed by atoms with Gasteiger partial charge in [-0.3, -0.25) is 9.59 Å². The summed E-state index contributed by atoms with van der Waals surface area (Å²) in [6.45, 7) is 0. The van der Waals surface area contributed by atoms with E-state index in [1.807, 2.05) is 24.3 Å². The first-order valence-corrected chi connectivity index (χ1v) is 8.80. The maximum atomic E-state index is 13.1. The van der Waals surface area contributed by atoms with Crippen molar-refractivity contribution in [1.29, 1.82) is 0 Å². The summed E-state index contributed by atoms with van der Waals surface area (Å²) in [5, 5.41) is 10.4. The predicted molar refractivity (Wildman–Crippen MR) is 87.3 cm³/mol. The smallest absolute Gasteiger partial charge is 0.309 e. The molecule has 0 spiro atoms. The Labute approximate surface area is 141 Å². The molecule has 23 heavy (non-hydrogen) atoms. The molecule has 2 atom stereocenters. The van der Waals surface area contributed by atoms with E-state index in [-0.39, 0.29) is 5.78 Å². The largest absolute Gasteiger partial charge is 0.481 e. The predicted octanol–water partition coefficient (Wildman–Crippen LogP) is 4.12. The molecule has 0 heterocycles. The third kappa shape index (κ3) is 2.40. The van der Waals surface area contributed by atoms with Crippen molar-refractivity contribution in [2.45, 2.75) is 44.9 Å². The summed E-state index contributed by atoms with van der Waals surface area (Å²) in [6.07, 6.45) is 5.39. The maximum Gasteiger partial charge on any atom is 0.309 e. The fourth-order valence-electron chi connectivity index (χ4n) is 5.81. The van der Waals surface area contributed by atoms with Gasteiger partial charge in [-0.05, 0) is 68.1 Å². The lowest BCUT2D eigenvalue weighted by atomic mass is 9.43. The zero-order chi connectivity index (χ0) is 16.2. The molecule has 5 rings (SSSR count). The number of carboxylic acid groups (broad SMARTS) is 1. The topological polar surface area (TPSA) is 54.4 Å². The van der Waals surface area contributed by atoms with Gasteiger partial charge in [0, 0.05) is 16.9 Å². The van der Waals surface area contributed by atoms with Crippen molar-refractivity contribution in [3.63, 3.8) is 0 Å². The summed E-state index contributed by atoms with van der Waals surface area (Å²) < 4.78 is 0. The molecule has 122 valence electrons. The summed E-state index contributed by atoms with van der Waals surface area (Å²) in [4.78, 5) is 25.0. The van der Waals surface area contributed by atoms with Gasteiger partial charge in [0.05, 0.1) is 5.41 Å². The van der Waals surface area contributed by atoms with E-state index in [1.54, 1.807) is 0 Å². The van der Waals surface area contributed by atoms with E-state index in [9.17, 15) is 14.7 Å². The van der Waals surface area contributed by atoms with Crippen molar-refractivity contribution in [2.75, 3.05) is 0 Å². The van der Waals surface area contributed by atoms with E-state index in [4.69, 9.17) is 11.6 Å². The molecule has 3 nitrogen and oxygen atoms in total. The average Bonchev–Trinajstić information content (AvgIpc) is 2.48. The van der Waals surface area contributed by atoms with Crippen molar-refractivity contribution in [1.82, 2.24) is 0 Å².